The SMILES string of the molecule is Cc1c(Sc2ccc([S+](C)[O-])cc2)c2cc(-c3cn[nH]c3)ccc2n1CC(=O)O. The fraction of sp³-hybridized carbons (Fsp3) is 0.143. The molecule has 0 spiro atoms. The zero-order valence-corrected chi connectivity index (χ0v) is 17.5. The minimum Gasteiger partial charge on any atom is -0.612 e. The number of nitrogens with zero attached hydrogens (tertiary/aromatic N) is 2. The molecule has 0 aliphatic rings. The highest BCUT2D eigenvalue weighted by atomic mass is 32.2. The second kappa shape index (κ2) is 7.98. The summed E-state index contributed by atoms with van der Waals surface area (Å²) >= 11 is 0.561. The van der Waals surface area contributed by atoms with E-state index in [-0.39, 0.29) is 6.54 Å². The molecule has 2 aromatic heterocycles. The van der Waals surface area contributed by atoms with E-state index < -0.39 is 17.1 Å². The first-order chi connectivity index (χ1) is 13.9. The standard InChI is InChI=1S/C21H19N3O3S2/c1-13-21(28-16-4-6-17(7-5-16)29(2)27)18-9-14(15-10-22-23-11-15)3-8-19(18)24(13)12-20(25)26/h3-11H,12H2,1-2H3,(H,22,23)(H,25,26). The number of aromatic nitrogens is 3. The first kappa shape index (κ1) is 19.6. The highest BCUT2D eigenvalue weighted by Crippen LogP contribution is 2.40. The van der Waals surface area contributed by atoms with Crippen LogP contribution in [0.3, 0.4) is 0 Å². The first-order valence-corrected chi connectivity index (χ1v) is 11.3. The smallest absolute Gasteiger partial charge is 0.323 e. The van der Waals surface area contributed by atoms with Crippen LogP contribution in [0.5, 0.6) is 0 Å². The van der Waals surface area contributed by atoms with Gasteiger partial charge in [-0.3, -0.25) is 9.89 Å². The lowest BCUT2D eigenvalue weighted by Gasteiger charge is -2.07. The predicted octanol–water partition coefficient (Wildman–Crippen LogP) is 4.31. The Kier molecular flexibility index (Phi) is 5.40. The van der Waals surface area contributed by atoms with Gasteiger partial charge >= 0.3 is 5.97 Å². The van der Waals surface area contributed by atoms with E-state index in [1.165, 1.54) is 0 Å². The van der Waals surface area contributed by atoms with Crippen LogP contribution in [-0.4, -0.2) is 36.6 Å². The second-order valence-corrected chi connectivity index (χ2v) is 9.10. The fourth-order valence-electron chi connectivity index (χ4n) is 3.32. The molecule has 2 N–H and O–H groups in total. The van der Waals surface area contributed by atoms with Gasteiger partial charge in [0, 0.05) is 38.1 Å². The minimum absolute atomic E-state index is 0.0955. The second-order valence-electron chi connectivity index (χ2n) is 6.64. The van der Waals surface area contributed by atoms with Crippen molar-refractivity contribution in [2.24, 2.45) is 0 Å². The molecule has 0 aliphatic heterocycles. The third-order valence-corrected chi connectivity index (χ3v) is 6.93. The number of carbonyl (C=O) groups is 1. The molecule has 0 amide bonds. The Hall–Kier alpha value is -2.68. The van der Waals surface area contributed by atoms with Crippen LogP contribution in [0, 0.1) is 6.92 Å². The van der Waals surface area contributed by atoms with Crippen molar-refractivity contribution >= 4 is 39.8 Å². The molecule has 29 heavy (non-hydrogen) atoms. The van der Waals surface area contributed by atoms with Gasteiger partial charge in [0.05, 0.1) is 6.20 Å². The topological polar surface area (TPSA) is 94.0 Å². The zero-order chi connectivity index (χ0) is 20.5. The van der Waals surface area contributed by atoms with Gasteiger partial charge in [0.1, 0.15) is 12.8 Å². The van der Waals surface area contributed by atoms with Gasteiger partial charge < -0.3 is 14.2 Å². The van der Waals surface area contributed by atoms with Crippen molar-refractivity contribution in [3.05, 3.63) is 60.6 Å². The Morgan fingerprint density at radius 1 is 1.24 bits per heavy atom. The Labute approximate surface area is 175 Å². The Balaban J connectivity index is 1.82. The number of H-pyrrole nitrogens is 1. The number of rotatable bonds is 6. The van der Waals surface area contributed by atoms with E-state index in [4.69, 9.17) is 0 Å². The lowest BCUT2D eigenvalue weighted by molar-refractivity contribution is -0.137. The highest BCUT2D eigenvalue weighted by Gasteiger charge is 2.18. The molecule has 0 fully saturated rings. The number of carboxylic acid groups (broad SMARTS) is 1. The number of hydrogen-bond acceptors (Lipinski definition) is 4. The Morgan fingerprint density at radius 3 is 2.62 bits per heavy atom. The van der Waals surface area contributed by atoms with E-state index in [9.17, 15) is 14.5 Å². The van der Waals surface area contributed by atoms with Crippen molar-refractivity contribution in [2.75, 3.05) is 6.26 Å². The molecule has 0 bridgehead atoms. The molecule has 4 aromatic rings. The van der Waals surface area contributed by atoms with E-state index in [0.29, 0.717) is 0 Å². The predicted molar refractivity (Wildman–Crippen MR) is 115 cm³/mol. The maximum Gasteiger partial charge on any atom is 0.323 e. The monoisotopic (exact) mass is 425 g/mol. The van der Waals surface area contributed by atoms with Crippen molar-refractivity contribution in [3.63, 3.8) is 0 Å². The molecule has 2 heterocycles. The summed E-state index contributed by atoms with van der Waals surface area (Å²) < 4.78 is 13.5. The quantitative estimate of drug-likeness (QED) is 0.449. The average molecular weight is 426 g/mol. The van der Waals surface area contributed by atoms with Gasteiger partial charge in [-0.25, -0.2) is 0 Å². The minimum atomic E-state index is -1.02. The lowest BCUT2D eigenvalue weighted by atomic mass is 10.1. The van der Waals surface area contributed by atoms with Crippen molar-refractivity contribution in [2.45, 2.75) is 28.2 Å². The molecule has 0 saturated carbocycles. The third-order valence-electron chi connectivity index (χ3n) is 4.77. The van der Waals surface area contributed by atoms with Crippen molar-refractivity contribution in [1.29, 1.82) is 0 Å². The maximum absolute atomic E-state index is 11.6. The number of fused-ring (bicyclic) bond motifs is 1. The Bertz CT molecular complexity index is 1170. The molecule has 0 radical (unpaired) electrons. The van der Waals surface area contributed by atoms with Crippen molar-refractivity contribution in [3.8, 4) is 11.1 Å². The van der Waals surface area contributed by atoms with Crippen LogP contribution < -0.4 is 0 Å². The summed E-state index contributed by atoms with van der Waals surface area (Å²) in [5, 5.41) is 17.2. The molecule has 148 valence electrons. The number of carboxylic acids is 1. The van der Waals surface area contributed by atoms with Crippen LogP contribution >= 0.6 is 11.8 Å². The first-order valence-electron chi connectivity index (χ1n) is 8.89. The van der Waals surface area contributed by atoms with Gasteiger partial charge in [0.25, 0.3) is 0 Å². The summed E-state index contributed by atoms with van der Waals surface area (Å²) in [4.78, 5) is 14.2. The molecular formula is C21H19N3O3S2. The van der Waals surface area contributed by atoms with E-state index in [1.54, 1.807) is 24.2 Å². The summed E-state index contributed by atoms with van der Waals surface area (Å²) in [5.74, 6) is -0.879. The third kappa shape index (κ3) is 3.91. The highest BCUT2D eigenvalue weighted by molar-refractivity contribution is 7.99. The average Bonchev–Trinajstić information content (AvgIpc) is 3.31. The van der Waals surface area contributed by atoms with Crippen LogP contribution in [0.25, 0.3) is 22.0 Å². The zero-order valence-electron chi connectivity index (χ0n) is 15.9. The van der Waals surface area contributed by atoms with Gasteiger partial charge in [0.15, 0.2) is 4.90 Å². The molecule has 0 aliphatic carbocycles. The molecular weight excluding hydrogens is 406 g/mol. The number of aliphatic carboxylic acids is 1. The van der Waals surface area contributed by atoms with Gasteiger partial charge in [-0.1, -0.05) is 17.8 Å². The largest absolute Gasteiger partial charge is 0.612 e. The molecule has 0 saturated heterocycles. The number of hydrogen-bond donors (Lipinski definition) is 2. The number of aromatic amines is 1. The maximum atomic E-state index is 11.6. The molecule has 4 rings (SSSR count). The molecule has 8 heteroatoms. The van der Waals surface area contributed by atoms with Crippen LogP contribution in [0.2, 0.25) is 0 Å². The van der Waals surface area contributed by atoms with E-state index >= 15 is 0 Å². The van der Waals surface area contributed by atoms with Gasteiger partial charge in [0.2, 0.25) is 0 Å². The normalized spacial score (nSPS) is 12.4. The lowest BCUT2D eigenvalue weighted by Crippen LogP contribution is -2.09. The van der Waals surface area contributed by atoms with Crippen LogP contribution in [0.1, 0.15) is 5.69 Å². The van der Waals surface area contributed by atoms with E-state index in [2.05, 4.69) is 16.3 Å². The number of benzene rings is 2. The summed E-state index contributed by atoms with van der Waals surface area (Å²) in [6, 6.07) is 13.6. The van der Waals surface area contributed by atoms with Gasteiger partial charge in [-0.2, -0.15) is 5.10 Å². The summed E-state index contributed by atoms with van der Waals surface area (Å²) in [6.07, 6.45) is 5.25. The van der Waals surface area contributed by atoms with E-state index in [1.807, 2.05) is 54.1 Å². The number of nitrogens with one attached hydrogen (secondary N) is 1. The van der Waals surface area contributed by atoms with Crippen LogP contribution in [0.15, 0.2) is 69.5 Å². The van der Waals surface area contributed by atoms with Gasteiger partial charge in [-0.05, 0) is 60.1 Å². The van der Waals surface area contributed by atoms with Crippen LogP contribution in [0.4, 0.5) is 0 Å². The molecule has 2 aromatic carbocycles. The van der Waals surface area contributed by atoms with Gasteiger partial charge in [-0.15, -0.1) is 0 Å². The van der Waals surface area contributed by atoms with Crippen LogP contribution in [-0.2, 0) is 22.5 Å². The molecule has 1 atom stereocenters. The fourth-order valence-corrected chi connectivity index (χ4v) is 4.88. The van der Waals surface area contributed by atoms with Crippen molar-refractivity contribution in [1.82, 2.24) is 14.8 Å². The summed E-state index contributed by atoms with van der Waals surface area (Å²) in [6.45, 7) is 1.85. The summed E-state index contributed by atoms with van der Waals surface area (Å²) in [5.41, 5.74) is 3.77. The molecule has 6 nitrogen and oxygen atoms in total. The molecule has 1 unspecified atom stereocenters. The van der Waals surface area contributed by atoms with E-state index in [0.717, 1.165) is 42.4 Å². The summed E-state index contributed by atoms with van der Waals surface area (Å²) in [7, 11) is 0. The van der Waals surface area contributed by atoms with Crippen molar-refractivity contribution < 1.29 is 14.5 Å². The Morgan fingerprint density at radius 2 is 2.00 bits per heavy atom.